The fraction of sp³-hybridized carbons (Fsp3) is 0.385. The van der Waals surface area contributed by atoms with E-state index in [0.29, 0.717) is 0 Å². The second-order valence-electron chi connectivity index (χ2n) is 3.67. The number of carbonyl (C=O) groups excluding carboxylic acids is 1. The summed E-state index contributed by atoms with van der Waals surface area (Å²) in [6.45, 7) is -4.92. The lowest BCUT2D eigenvalue weighted by Gasteiger charge is -2.14. The van der Waals surface area contributed by atoms with Crippen LogP contribution in [0.15, 0.2) is 12.1 Å². The number of carboxylic acids is 1. The SMILES string of the molecule is [2H]C([2H])([2H])C([2H])([2H])C(CO)C(=O)c1ccc(OCC(=O)O)c(Cl)c1Cl. The molecular formula is C13H14Cl2O5. The van der Waals surface area contributed by atoms with E-state index in [1.807, 2.05) is 0 Å². The minimum absolute atomic E-state index is 0.120. The molecular weight excluding hydrogens is 307 g/mol. The highest BCUT2D eigenvalue weighted by Gasteiger charge is 2.22. The van der Waals surface area contributed by atoms with E-state index in [9.17, 15) is 14.7 Å². The lowest BCUT2D eigenvalue weighted by molar-refractivity contribution is -0.139. The molecule has 0 aromatic heterocycles. The first-order valence-electron chi connectivity index (χ1n) is 7.82. The third-order valence-electron chi connectivity index (χ3n) is 2.34. The summed E-state index contributed by atoms with van der Waals surface area (Å²) < 4.78 is 41.8. The van der Waals surface area contributed by atoms with Gasteiger partial charge in [0, 0.05) is 18.3 Å². The van der Waals surface area contributed by atoms with Gasteiger partial charge >= 0.3 is 5.97 Å². The van der Waals surface area contributed by atoms with Gasteiger partial charge in [0.1, 0.15) is 10.8 Å². The van der Waals surface area contributed by atoms with Crippen molar-refractivity contribution in [3.63, 3.8) is 0 Å². The van der Waals surface area contributed by atoms with Crippen LogP contribution in [0.1, 0.15) is 30.4 Å². The number of benzene rings is 1. The van der Waals surface area contributed by atoms with Crippen molar-refractivity contribution >= 4 is 35.0 Å². The Bertz CT molecular complexity index is 678. The van der Waals surface area contributed by atoms with Gasteiger partial charge in [-0.2, -0.15) is 0 Å². The Labute approximate surface area is 133 Å². The number of halogens is 2. The molecule has 0 spiro atoms. The first kappa shape index (κ1) is 10.4. The predicted molar refractivity (Wildman–Crippen MR) is 74.8 cm³/mol. The van der Waals surface area contributed by atoms with E-state index in [4.69, 9.17) is 39.9 Å². The van der Waals surface area contributed by atoms with Crippen molar-refractivity contribution in [2.24, 2.45) is 5.92 Å². The Morgan fingerprint density at radius 2 is 2.15 bits per heavy atom. The number of carbonyl (C=O) groups is 2. The molecule has 5 nitrogen and oxygen atoms in total. The van der Waals surface area contributed by atoms with Gasteiger partial charge in [0.05, 0.1) is 11.6 Å². The smallest absolute Gasteiger partial charge is 0.341 e. The summed E-state index contributed by atoms with van der Waals surface area (Å²) in [7, 11) is 0. The Kier molecular flexibility index (Phi) is 3.90. The van der Waals surface area contributed by atoms with Crippen LogP contribution in [0.2, 0.25) is 10.0 Å². The average Bonchev–Trinajstić information content (AvgIpc) is 2.47. The van der Waals surface area contributed by atoms with Crippen molar-refractivity contribution in [2.45, 2.75) is 13.2 Å². The number of ketones is 1. The van der Waals surface area contributed by atoms with Crippen LogP contribution in [0.3, 0.4) is 0 Å². The third-order valence-corrected chi connectivity index (χ3v) is 3.20. The topological polar surface area (TPSA) is 83.8 Å². The second-order valence-corrected chi connectivity index (χ2v) is 4.42. The average molecular weight is 326 g/mol. The zero-order chi connectivity index (χ0) is 19.6. The molecule has 0 heterocycles. The molecule has 1 rings (SSSR count). The molecule has 7 heteroatoms. The Hall–Kier alpha value is -1.30. The molecule has 1 aromatic carbocycles. The maximum absolute atomic E-state index is 12.5. The van der Waals surface area contributed by atoms with Crippen LogP contribution >= 0.6 is 23.2 Å². The number of aliphatic hydroxyl groups excluding tert-OH is 1. The first-order valence-corrected chi connectivity index (χ1v) is 6.07. The highest BCUT2D eigenvalue weighted by atomic mass is 35.5. The Balaban J connectivity index is 3.25. The molecule has 1 aromatic rings. The lowest BCUT2D eigenvalue weighted by Crippen LogP contribution is -2.18. The normalized spacial score (nSPS) is 17.1. The summed E-state index contributed by atoms with van der Waals surface area (Å²) in [5, 5.41) is 17.3. The molecule has 0 saturated heterocycles. The van der Waals surface area contributed by atoms with E-state index < -0.39 is 44.1 Å². The van der Waals surface area contributed by atoms with Gasteiger partial charge in [-0.25, -0.2) is 4.79 Å². The molecule has 0 amide bonds. The van der Waals surface area contributed by atoms with Crippen molar-refractivity contribution < 1.29 is 31.4 Å². The van der Waals surface area contributed by atoms with Gasteiger partial charge in [-0.3, -0.25) is 4.79 Å². The van der Waals surface area contributed by atoms with Crippen LogP contribution in [0.4, 0.5) is 0 Å². The number of hydrogen-bond acceptors (Lipinski definition) is 4. The van der Waals surface area contributed by atoms with Gasteiger partial charge in [0.15, 0.2) is 12.4 Å². The number of carboxylic acid groups (broad SMARTS) is 1. The molecule has 2 N–H and O–H groups in total. The molecule has 0 aliphatic rings. The summed E-state index contributed by atoms with van der Waals surface area (Å²) in [5.74, 6) is -4.34. The first-order chi connectivity index (χ1) is 11.3. The molecule has 0 aliphatic carbocycles. The molecule has 0 aliphatic heterocycles. The van der Waals surface area contributed by atoms with Crippen molar-refractivity contribution in [1.29, 1.82) is 0 Å². The maximum atomic E-state index is 12.5. The predicted octanol–water partition coefficient (Wildman–Crippen LogP) is 2.66. The number of rotatable bonds is 7. The molecule has 20 heavy (non-hydrogen) atoms. The van der Waals surface area contributed by atoms with E-state index in [2.05, 4.69) is 0 Å². The minimum Gasteiger partial charge on any atom is -0.480 e. The van der Waals surface area contributed by atoms with E-state index in [1.54, 1.807) is 0 Å². The largest absolute Gasteiger partial charge is 0.480 e. The lowest BCUT2D eigenvalue weighted by atomic mass is 9.96. The fourth-order valence-corrected chi connectivity index (χ4v) is 1.82. The summed E-state index contributed by atoms with van der Waals surface area (Å²) in [5.41, 5.74) is -0.318. The summed E-state index contributed by atoms with van der Waals surface area (Å²) >= 11 is 11.9. The van der Waals surface area contributed by atoms with Crippen LogP contribution in [-0.4, -0.2) is 35.2 Å². The summed E-state index contributed by atoms with van der Waals surface area (Å²) in [6, 6.07) is 2.23. The minimum atomic E-state index is -3.16. The van der Waals surface area contributed by atoms with E-state index in [1.165, 1.54) is 0 Å². The van der Waals surface area contributed by atoms with Gasteiger partial charge < -0.3 is 14.9 Å². The Morgan fingerprint density at radius 3 is 2.70 bits per heavy atom. The van der Waals surface area contributed by atoms with Crippen molar-refractivity contribution in [3.8, 4) is 5.75 Å². The summed E-state index contributed by atoms with van der Waals surface area (Å²) in [4.78, 5) is 23.0. The van der Waals surface area contributed by atoms with Gasteiger partial charge in [-0.1, -0.05) is 30.1 Å². The number of ether oxygens (including phenoxy) is 1. The molecule has 0 saturated carbocycles. The highest BCUT2D eigenvalue weighted by Crippen LogP contribution is 2.35. The number of Topliss-reactive ketones (excluding diaryl/α,β-unsaturated/α-hetero) is 1. The van der Waals surface area contributed by atoms with Crippen LogP contribution in [-0.2, 0) is 4.79 Å². The van der Waals surface area contributed by atoms with Crippen molar-refractivity contribution in [3.05, 3.63) is 27.7 Å². The van der Waals surface area contributed by atoms with E-state index >= 15 is 0 Å². The number of aliphatic hydroxyl groups is 1. The standard InChI is InChI=1S/C13H14Cl2O5/c1-2-7(5-16)13(19)8-3-4-9(12(15)11(8)14)20-6-10(17)18/h3-4,7,16H,2,5-6H2,1H3,(H,17,18)/i1D3,2D2. The summed E-state index contributed by atoms with van der Waals surface area (Å²) in [6.07, 6.45) is -3.01. The quantitative estimate of drug-likeness (QED) is 0.753. The van der Waals surface area contributed by atoms with Crippen molar-refractivity contribution in [1.82, 2.24) is 0 Å². The highest BCUT2D eigenvalue weighted by molar-refractivity contribution is 6.44. The second kappa shape index (κ2) is 7.47. The van der Waals surface area contributed by atoms with Gasteiger partial charge in [-0.05, 0) is 18.5 Å². The van der Waals surface area contributed by atoms with Crippen LogP contribution in [0, 0.1) is 5.92 Å². The van der Waals surface area contributed by atoms with Gasteiger partial charge in [0.2, 0.25) is 0 Å². The van der Waals surface area contributed by atoms with Crippen LogP contribution in [0.25, 0.3) is 0 Å². The number of hydrogen-bond donors (Lipinski definition) is 2. The Morgan fingerprint density at radius 1 is 1.45 bits per heavy atom. The van der Waals surface area contributed by atoms with Gasteiger partial charge in [-0.15, -0.1) is 0 Å². The molecule has 1 atom stereocenters. The van der Waals surface area contributed by atoms with Gasteiger partial charge in [0.25, 0.3) is 0 Å². The number of aliphatic carboxylic acids is 1. The zero-order valence-electron chi connectivity index (χ0n) is 15.0. The third kappa shape index (κ3) is 3.85. The van der Waals surface area contributed by atoms with E-state index in [-0.39, 0.29) is 21.4 Å². The monoisotopic (exact) mass is 325 g/mol. The molecule has 0 fully saturated rings. The van der Waals surface area contributed by atoms with Crippen LogP contribution in [0.5, 0.6) is 5.75 Å². The van der Waals surface area contributed by atoms with Crippen molar-refractivity contribution in [2.75, 3.05) is 13.2 Å². The fourth-order valence-electron chi connectivity index (χ4n) is 1.35. The zero-order valence-corrected chi connectivity index (χ0v) is 11.5. The molecule has 1 unspecified atom stereocenters. The van der Waals surface area contributed by atoms with E-state index in [0.717, 1.165) is 12.1 Å². The molecule has 0 radical (unpaired) electrons. The maximum Gasteiger partial charge on any atom is 0.341 e. The molecule has 0 bridgehead atoms. The molecule has 110 valence electrons. The van der Waals surface area contributed by atoms with Crippen LogP contribution < -0.4 is 4.74 Å².